The van der Waals surface area contributed by atoms with E-state index < -0.39 is 51.0 Å². The molecule has 0 aromatic heterocycles. The van der Waals surface area contributed by atoms with Crippen molar-refractivity contribution in [1.29, 1.82) is 0 Å². The van der Waals surface area contributed by atoms with Gasteiger partial charge in [0.1, 0.15) is 12.2 Å². The fraction of sp³-hybridized carbons (Fsp3) is 0.850. The summed E-state index contributed by atoms with van der Waals surface area (Å²) in [6.45, 7) is 10.4. The molecule has 11 heteroatoms. The predicted molar refractivity (Wildman–Crippen MR) is 114 cm³/mol. The van der Waals surface area contributed by atoms with Crippen molar-refractivity contribution in [2.75, 3.05) is 12.3 Å². The average Bonchev–Trinajstić information content (AvgIpc) is 2.60. The largest absolute Gasteiger partial charge is 0.479 e. The molecule has 10 nitrogen and oxygen atoms in total. The lowest BCUT2D eigenvalue weighted by Gasteiger charge is -2.44. The number of carboxylic acids is 1. The molecule has 3 atom stereocenters. The molecule has 0 aromatic rings. The van der Waals surface area contributed by atoms with Crippen LogP contribution in [0.2, 0.25) is 0 Å². The first-order valence-electron chi connectivity index (χ1n) is 10.3. The minimum atomic E-state index is -4.21. The molecule has 0 fully saturated rings. The average molecular weight is 468 g/mol. The summed E-state index contributed by atoms with van der Waals surface area (Å²) in [5.74, 6) is -2.91. The van der Waals surface area contributed by atoms with Gasteiger partial charge in [0, 0.05) is 25.3 Å². The van der Waals surface area contributed by atoms with Crippen LogP contribution in [0.25, 0.3) is 0 Å². The maximum absolute atomic E-state index is 12.6. The molecular weight excluding hydrogens is 430 g/mol. The van der Waals surface area contributed by atoms with Crippen LogP contribution in [-0.2, 0) is 33.4 Å². The van der Waals surface area contributed by atoms with Crippen LogP contribution in [0.5, 0.6) is 0 Å². The molecule has 0 aliphatic carbocycles. The maximum Gasteiger partial charge on any atom is 0.336 e. The van der Waals surface area contributed by atoms with Gasteiger partial charge in [-0.2, -0.15) is 8.42 Å². The molecule has 0 saturated carbocycles. The third kappa shape index (κ3) is 9.12. The highest BCUT2D eigenvalue weighted by Crippen LogP contribution is 2.40. The number of carbonyl (C=O) groups is 3. The monoisotopic (exact) mass is 467 g/mol. The Hall–Kier alpha value is -1.72. The smallest absolute Gasteiger partial charge is 0.336 e. The number of esters is 1. The molecule has 3 N–H and O–H groups in total. The van der Waals surface area contributed by atoms with Crippen LogP contribution in [0, 0.1) is 11.3 Å². The quantitative estimate of drug-likeness (QED) is 0.195. The number of hydrogen-bond donors (Lipinski definition) is 3. The van der Waals surface area contributed by atoms with Crippen LogP contribution in [0.4, 0.5) is 0 Å². The first-order valence-corrected chi connectivity index (χ1v) is 11.9. The topological polar surface area (TPSA) is 156 Å². The minimum absolute atomic E-state index is 0.00276. The van der Waals surface area contributed by atoms with Crippen molar-refractivity contribution in [2.45, 2.75) is 85.5 Å². The highest BCUT2D eigenvalue weighted by molar-refractivity contribution is 7.86. The number of amides is 1. The molecule has 31 heavy (non-hydrogen) atoms. The Morgan fingerprint density at radius 3 is 2.10 bits per heavy atom. The second-order valence-electron chi connectivity index (χ2n) is 8.75. The summed E-state index contributed by atoms with van der Waals surface area (Å²) < 4.78 is 36.0. The molecule has 0 aliphatic heterocycles. The van der Waals surface area contributed by atoms with Crippen molar-refractivity contribution in [3.05, 3.63) is 0 Å². The van der Waals surface area contributed by atoms with Gasteiger partial charge in [-0.05, 0) is 25.7 Å². The van der Waals surface area contributed by atoms with E-state index in [4.69, 9.17) is 8.92 Å². The zero-order valence-electron chi connectivity index (χ0n) is 19.4. The Morgan fingerprint density at radius 2 is 1.68 bits per heavy atom. The van der Waals surface area contributed by atoms with E-state index in [9.17, 15) is 33.0 Å². The van der Waals surface area contributed by atoms with Gasteiger partial charge in [0.05, 0.1) is 5.75 Å². The van der Waals surface area contributed by atoms with E-state index in [0.29, 0.717) is 0 Å². The number of carbonyl (C=O) groups excluding carboxylic acids is 2. The van der Waals surface area contributed by atoms with Crippen molar-refractivity contribution < 1.29 is 41.9 Å². The zero-order valence-corrected chi connectivity index (χ0v) is 20.2. The third-order valence-electron chi connectivity index (χ3n) is 5.18. The lowest BCUT2D eigenvalue weighted by molar-refractivity contribution is -0.190. The van der Waals surface area contributed by atoms with Gasteiger partial charge < -0.3 is 20.3 Å². The summed E-state index contributed by atoms with van der Waals surface area (Å²) in [7, 11) is -4.21. The molecule has 0 radical (unpaired) electrons. The second kappa shape index (κ2) is 11.8. The van der Waals surface area contributed by atoms with Gasteiger partial charge in [-0.15, -0.1) is 0 Å². The molecule has 0 saturated heterocycles. The van der Waals surface area contributed by atoms with Crippen LogP contribution in [0.1, 0.15) is 67.7 Å². The first kappa shape index (κ1) is 29.3. The van der Waals surface area contributed by atoms with Crippen LogP contribution in [0.3, 0.4) is 0 Å². The van der Waals surface area contributed by atoms with E-state index in [1.54, 1.807) is 6.92 Å². The van der Waals surface area contributed by atoms with Crippen LogP contribution in [0.15, 0.2) is 0 Å². The van der Waals surface area contributed by atoms with Gasteiger partial charge in [-0.3, -0.25) is 13.8 Å². The van der Waals surface area contributed by atoms with E-state index in [-0.39, 0.29) is 37.6 Å². The molecule has 0 rings (SSSR count). The first-order chi connectivity index (χ1) is 14.0. The van der Waals surface area contributed by atoms with Gasteiger partial charge in [0.15, 0.2) is 5.60 Å². The zero-order chi connectivity index (χ0) is 24.6. The van der Waals surface area contributed by atoms with Crippen molar-refractivity contribution in [3.8, 4) is 0 Å². The van der Waals surface area contributed by atoms with Crippen molar-refractivity contribution in [3.63, 3.8) is 0 Å². The van der Waals surface area contributed by atoms with E-state index >= 15 is 0 Å². The van der Waals surface area contributed by atoms with Crippen molar-refractivity contribution in [2.24, 2.45) is 11.3 Å². The summed E-state index contributed by atoms with van der Waals surface area (Å²) in [6, 6.07) is 0. The lowest BCUT2D eigenvalue weighted by Crippen LogP contribution is -2.59. The maximum atomic E-state index is 12.6. The standard InChI is InChI=1S/C20H37NO9S/c1-8-15(29-16(23)12-13(2)3)17(19(5,6)20(7,26)18(24)25)30-31(27,28)11-9-10-21-14(4)22/h13,15,17,26H,8-12H2,1-7H3,(H,21,22)(H,24,25)/t15?,17?,20-/m0/s1. The number of rotatable bonds is 14. The summed E-state index contributed by atoms with van der Waals surface area (Å²) in [5, 5.41) is 22.6. The van der Waals surface area contributed by atoms with E-state index in [0.717, 1.165) is 6.92 Å². The fourth-order valence-corrected chi connectivity index (χ4v) is 4.10. The molecule has 0 aromatic carbocycles. The van der Waals surface area contributed by atoms with Crippen molar-refractivity contribution >= 4 is 28.0 Å². The molecule has 0 spiro atoms. The van der Waals surface area contributed by atoms with Crippen LogP contribution < -0.4 is 5.32 Å². The number of nitrogens with one attached hydrogen (secondary N) is 1. The predicted octanol–water partition coefficient (Wildman–Crippen LogP) is 1.46. The van der Waals surface area contributed by atoms with Gasteiger partial charge in [0.25, 0.3) is 10.1 Å². The van der Waals surface area contributed by atoms with E-state index in [2.05, 4.69) is 5.32 Å². The van der Waals surface area contributed by atoms with Crippen molar-refractivity contribution in [1.82, 2.24) is 5.32 Å². The van der Waals surface area contributed by atoms with Gasteiger partial charge in [-0.25, -0.2) is 4.79 Å². The second-order valence-corrected chi connectivity index (χ2v) is 10.5. The number of hydrogen-bond acceptors (Lipinski definition) is 8. The molecule has 182 valence electrons. The Bertz CT molecular complexity index is 729. The Balaban J connectivity index is 5.89. The summed E-state index contributed by atoms with van der Waals surface area (Å²) in [5.41, 5.74) is -4.05. The number of aliphatic hydroxyl groups is 1. The van der Waals surface area contributed by atoms with Gasteiger partial charge in [-0.1, -0.05) is 34.6 Å². The molecule has 0 heterocycles. The summed E-state index contributed by atoms with van der Waals surface area (Å²) in [4.78, 5) is 34.9. The number of aliphatic carboxylic acids is 1. The summed E-state index contributed by atoms with van der Waals surface area (Å²) >= 11 is 0. The van der Waals surface area contributed by atoms with E-state index in [1.165, 1.54) is 20.8 Å². The van der Waals surface area contributed by atoms with E-state index in [1.807, 2.05) is 13.8 Å². The highest BCUT2D eigenvalue weighted by Gasteiger charge is 2.55. The van der Waals surface area contributed by atoms with Crippen LogP contribution in [-0.4, -0.2) is 66.6 Å². The Morgan fingerprint density at radius 1 is 1.13 bits per heavy atom. The Labute approximate surface area is 184 Å². The fourth-order valence-electron chi connectivity index (χ4n) is 2.83. The van der Waals surface area contributed by atoms with Gasteiger partial charge >= 0.3 is 11.9 Å². The molecule has 1 amide bonds. The number of carboxylic acid groups (broad SMARTS) is 1. The Kier molecular flexibility index (Phi) is 11.1. The van der Waals surface area contributed by atoms with Crippen LogP contribution >= 0.6 is 0 Å². The third-order valence-corrected chi connectivity index (χ3v) is 6.46. The normalized spacial score (nSPS) is 16.3. The molecular formula is C20H37NO9S. The highest BCUT2D eigenvalue weighted by atomic mass is 32.2. The molecule has 0 aliphatic rings. The minimum Gasteiger partial charge on any atom is -0.479 e. The van der Waals surface area contributed by atoms with Gasteiger partial charge in [0.2, 0.25) is 5.91 Å². The number of ether oxygens (including phenoxy) is 1. The molecule has 2 unspecified atom stereocenters. The lowest BCUT2D eigenvalue weighted by atomic mass is 9.70. The SMILES string of the molecule is CCC(OC(=O)CC(C)C)C(OS(=O)(=O)CCCNC(C)=O)C(C)(C)[C@@](C)(O)C(=O)O. The summed E-state index contributed by atoms with van der Waals surface area (Å²) in [6.07, 6.45) is -2.30. The molecule has 0 bridgehead atoms.